The molecule has 0 saturated carbocycles. The number of benzene rings is 1. The van der Waals surface area contributed by atoms with E-state index in [4.69, 9.17) is 9.84 Å². The molecule has 0 aliphatic heterocycles. The first-order valence-corrected chi connectivity index (χ1v) is 5.42. The van der Waals surface area contributed by atoms with Gasteiger partial charge in [0.05, 0.1) is 12.3 Å². The summed E-state index contributed by atoms with van der Waals surface area (Å²) in [5, 5.41) is 11.5. The molecule has 1 aromatic carbocycles. The molecule has 0 aromatic heterocycles. The SMILES string of the molecule is CCOc1ccc(NC(=O)C(C)O)c(N=C=O)c1. The van der Waals surface area contributed by atoms with Gasteiger partial charge in [-0.2, -0.15) is 4.99 Å². The summed E-state index contributed by atoms with van der Waals surface area (Å²) >= 11 is 0. The molecule has 0 bridgehead atoms. The molecule has 0 radical (unpaired) electrons. The Morgan fingerprint density at radius 1 is 1.61 bits per heavy atom. The van der Waals surface area contributed by atoms with Gasteiger partial charge in [-0.3, -0.25) is 4.79 Å². The lowest BCUT2D eigenvalue weighted by atomic mass is 10.2. The number of amides is 1. The minimum Gasteiger partial charge on any atom is -0.494 e. The second kappa shape index (κ2) is 6.54. The Labute approximate surface area is 104 Å². The summed E-state index contributed by atoms with van der Waals surface area (Å²) in [5.41, 5.74) is 0.539. The highest BCUT2D eigenvalue weighted by atomic mass is 16.5. The quantitative estimate of drug-likeness (QED) is 0.610. The standard InChI is InChI=1S/C12H14N2O4/c1-3-18-9-4-5-10(11(6-9)13-7-15)14-12(17)8(2)16/h4-6,8,16H,3H2,1-2H3,(H,14,17). The Hall–Kier alpha value is -2.17. The van der Waals surface area contributed by atoms with E-state index in [0.29, 0.717) is 18.0 Å². The van der Waals surface area contributed by atoms with Crippen molar-refractivity contribution in [2.45, 2.75) is 20.0 Å². The third kappa shape index (κ3) is 3.69. The summed E-state index contributed by atoms with van der Waals surface area (Å²) in [7, 11) is 0. The molecule has 0 aliphatic rings. The molecule has 0 heterocycles. The number of carbonyl (C=O) groups is 1. The fourth-order valence-electron chi connectivity index (χ4n) is 1.25. The van der Waals surface area contributed by atoms with Crippen LogP contribution in [0.15, 0.2) is 23.2 Å². The van der Waals surface area contributed by atoms with Crippen molar-refractivity contribution < 1.29 is 19.4 Å². The predicted octanol–water partition coefficient (Wildman–Crippen LogP) is 1.37. The maximum atomic E-state index is 11.3. The van der Waals surface area contributed by atoms with E-state index in [0.717, 1.165) is 0 Å². The van der Waals surface area contributed by atoms with Gasteiger partial charge in [-0.25, -0.2) is 4.79 Å². The van der Waals surface area contributed by atoms with Crippen molar-refractivity contribution in [3.05, 3.63) is 18.2 Å². The molecule has 0 aliphatic carbocycles. The van der Waals surface area contributed by atoms with Gasteiger partial charge in [-0.1, -0.05) is 0 Å². The summed E-state index contributed by atoms with van der Waals surface area (Å²) in [5.74, 6) is -0.0527. The average Bonchev–Trinajstić information content (AvgIpc) is 2.33. The average molecular weight is 250 g/mol. The van der Waals surface area contributed by atoms with Crippen molar-refractivity contribution >= 4 is 23.4 Å². The number of nitrogens with zero attached hydrogens (tertiary/aromatic N) is 1. The van der Waals surface area contributed by atoms with Gasteiger partial charge in [0, 0.05) is 6.07 Å². The predicted molar refractivity (Wildman–Crippen MR) is 65.7 cm³/mol. The number of aliphatic imine (C=N–C) groups is 1. The molecule has 2 N–H and O–H groups in total. The first-order chi connectivity index (χ1) is 8.58. The molecule has 1 amide bonds. The molecule has 0 fully saturated rings. The van der Waals surface area contributed by atoms with Crippen LogP contribution in [0.3, 0.4) is 0 Å². The van der Waals surface area contributed by atoms with Crippen molar-refractivity contribution in [2.75, 3.05) is 11.9 Å². The normalized spacial score (nSPS) is 11.3. The molecule has 1 aromatic rings. The van der Waals surface area contributed by atoms with Crippen LogP contribution in [0, 0.1) is 0 Å². The van der Waals surface area contributed by atoms with E-state index in [-0.39, 0.29) is 5.69 Å². The molecule has 18 heavy (non-hydrogen) atoms. The maximum absolute atomic E-state index is 11.3. The zero-order valence-corrected chi connectivity index (χ0v) is 10.1. The van der Waals surface area contributed by atoms with Crippen molar-refractivity contribution in [2.24, 2.45) is 4.99 Å². The van der Waals surface area contributed by atoms with Crippen molar-refractivity contribution in [3.63, 3.8) is 0 Å². The van der Waals surface area contributed by atoms with Gasteiger partial charge >= 0.3 is 0 Å². The topological polar surface area (TPSA) is 88.0 Å². The van der Waals surface area contributed by atoms with E-state index < -0.39 is 12.0 Å². The third-order valence-electron chi connectivity index (χ3n) is 2.08. The Bertz CT molecular complexity index is 479. The Balaban J connectivity index is 3.03. The van der Waals surface area contributed by atoms with Crippen LogP contribution < -0.4 is 10.1 Å². The van der Waals surface area contributed by atoms with E-state index in [1.807, 2.05) is 6.92 Å². The summed E-state index contributed by atoms with van der Waals surface area (Å²) in [6, 6.07) is 4.68. The van der Waals surface area contributed by atoms with Gasteiger partial charge in [0.25, 0.3) is 5.91 Å². The highest BCUT2D eigenvalue weighted by molar-refractivity contribution is 5.96. The van der Waals surface area contributed by atoms with Gasteiger partial charge in [-0.15, -0.1) is 0 Å². The number of isocyanates is 1. The van der Waals surface area contributed by atoms with Crippen LogP contribution in [0.2, 0.25) is 0 Å². The fraction of sp³-hybridized carbons (Fsp3) is 0.333. The van der Waals surface area contributed by atoms with E-state index in [1.165, 1.54) is 19.1 Å². The largest absolute Gasteiger partial charge is 0.494 e. The third-order valence-corrected chi connectivity index (χ3v) is 2.08. The van der Waals surface area contributed by atoms with Crippen molar-refractivity contribution in [1.29, 1.82) is 0 Å². The van der Waals surface area contributed by atoms with Crippen LogP contribution in [0.1, 0.15) is 13.8 Å². The van der Waals surface area contributed by atoms with Crippen LogP contribution >= 0.6 is 0 Å². The molecule has 6 nitrogen and oxygen atoms in total. The van der Waals surface area contributed by atoms with Gasteiger partial charge < -0.3 is 15.2 Å². The van der Waals surface area contributed by atoms with Crippen LogP contribution in [0.4, 0.5) is 11.4 Å². The number of aliphatic hydroxyl groups is 1. The lowest BCUT2D eigenvalue weighted by Gasteiger charge is -2.10. The summed E-state index contributed by atoms with van der Waals surface area (Å²) in [6.45, 7) is 3.64. The van der Waals surface area contributed by atoms with Gasteiger partial charge in [-0.05, 0) is 26.0 Å². The molecule has 1 atom stereocenters. The fourth-order valence-corrected chi connectivity index (χ4v) is 1.25. The summed E-state index contributed by atoms with van der Waals surface area (Å²) in [4.78, 5) is 25.1. The first kappa shape index (κ1) is 13.9. The lowest BCUT2D eigenvalue weighted by Crippen LogP contribution is -2.24. The maximum Gasteiger partial charge on any atom is 0.252 e. The van der Waals surface area contributed by atoms with E-state index in [1.54, 1.807) is 12.1 Å². The van der Waals surface area contributed by atoms with Gasteiger partial charge in [0.15, 0.2) is 0 Å². The number of aliphatic hydroxyl groups excluding tert-OH is 1. The number of hydrogen-bond acceptors (Lipinski definition) is 5. The smallest absolute Gasteiger partial charge is 0.252 e. The highest BCUT2D eigenvalue weighted by Crippen LogP contribution is 2.29. The number of hydrogen-bond donors (Lipinski definition) is 2. The van der Waals surface area contributed by atoms with Crippen molar-refractivity contribution in [1.82, 2.24) is 0 Å². The zero-order chi connectivity index (χ0) is 13.5. The van der Waals surface area contributed by atoms with Crippen molar-refractivity contribution in [3.8, 4) is 5.75 Å². The molecule has 1 rings (SSSR count). The molecule has 96 valence electrons. The van der Waals surface area contributed by atoms with Crippen LogP contribution in [-0.2, 0) is 9.59 Å². The lowest BCUT2D eigenvalue weighted by molar-refractivity contribution is -0.123. The molecule has 0 spiro atoms. The number of carbonyl (C=O) groups excluding carboxylic acids is 2. The van der Waals surface area contributed by atoms with E-state index in [9.17, 15) is 9.59 Å². The summed E-state index contributed by atoms with van der Waals surface area (Å²) < 4.78 is 5.25. The minimum atomic E-state index is -1.15. The second-order valence-electron chi connectivity index (χ2n) is 3.48. The zero-order valence-electron chi connectivity index (χ0n) is 10.1. The highest BCUT2D eigenvalue weighted by Gasteiger charge is 2.12. The second-order valence-corrected chi connectivity index (χ2v) is 3.48. The monoisotopic (exact) mass is 250 g/mol. The van der Waals surface area contributed by atoms with Crippen LogP contribution in [0.25, 0.3) is 0 Å². The molecular formula is C12H14N2O4. The molecule has 0 saturated heterocycles. The first-order valence-electron chi connectivity index (χ1n) is 5.42. The number of ether oxygens (including phenoxy) is 1. The van der Waals surface area contributed by atoms with E-state index >= 15 is 0 Å². The Morgan fingerprint density at radius 2 is 2.33 bits per heavy atom. The van der Waals surface area contributed by atoms with Gasteiger partial charge in [0.1, 0.15) is 17.5 Å². The summed E-state index contributed by atoms with van der Waals surface area (Å²) in [6.07, 6.45) is 0.253. The Morgan fingerprint density at radius 3 is 2.89 bits per heavy atom. The number of nitrogens with one attached hydrogen (secondary N) is 1. The molecule has 1 unspecified atom stereocenters. The minimum absolute atomic E-state index is 0.227. The Kier molecular flexibility index (Phi) is 5.05. The van der Waals surface area contributed by atoms with Gasteiger partial charge in [0.2, 0.25) is 6.08 Å². The molecule has 6 heteroatoms. The van der Waals surface area contributed by atoms with E-state index in [2.05, 4.69) is 10.3 Å². The van der Waals surface area contributed by atoms with Crippen LogP contribution in [0.5, 0.6) is 5.75 Å². The van der Waals surface area contributed by atoms with Crippen LogP contribution in [-0.4, -0.2) is 29.8 Å². The number of anilines is 1. The number of rotatable bonds is 5. The molecular weight excluding hydrogens is 236 g/mol.